The molecule has 0 radical (unpaired) electrons. The highest BCUT2D eigenvalue weighted by Crippen LogP contribution is 2.42. The minimum atomic E-state index is -0.539. The molecule has 0 saturated carbocycles. The Morgan fingerprint density at radius 2 is 0.396 bits per heavy atom. The third kappa shape index (κ3) is 12.1. The number of hydrogen-bond acceptors (Lipinski definition) is 18. The summed E-state index contributed by atoms with van der Waals surface area (Å²) in [5, 5.41) is 0. The normalized spacial score (nSPS) is 13.4. The summed E-state index contributed by atoms with van der Waals surface area (Å²) in [5.74, 6) is 4.14. The van der Waals surface area contributed by atoms with Crippen LogP contribution >= 0.6 is 15.9 Å². The molecule has 20 heteroatoms. The molecule has 21 rings (SSSR count). The van der Waals surface area contributed by atoms with Gasteiger partial charge in [0.25, 0.3) is 0 Å². The van der Waals surface area contributed by atoms with Crippen LogP contribution in [0.5, 0.6) is 0 Å². The number of oxazole rings is 8. The second kappa shape index (κ2) is 25.7. The van der Waals surface area contributed by atoms with Crippen LogP contribution in [0.2, 0.25) is 0 Å². The summed E-state index contributed by atoms with van der Waals surface area (Å²) in [4.78, 5) is 37.7. The van der Waals surface area contributed by atoms with Crippen LogP contribution in [-0.2, 0) is 9.31 Å². The lowest BCUT2D eigenvalue weighted by Crippen LogP contribution is -2.41. The summed E-state index contributed by atoms with van der Waals surface area (Å²) in [6.07, 6.45) is 0. The van der Waals surface area contributed by atoms with Crippen molar-refractivity contribution in [3.05, 3.63) is 271 Å². The van der Waals surface area contributed by atoms with Crippen LogP contribution in [0, 0.1) is 0 Å². The van der Waals surface area contributed by atoms with Crippen LogP contribution in [0.3, 0.4) is 0 Å². The van der Waals surface area contributed by atoms with E-state index in [2.05, 4.69) is 60.1 Å². The third-order valence-corrected chi connectivity index (χ3v) is 19.4. The van der Waals surface area contributed by atoms with Crippen molar-refractivity contribution in [1.29, 1.82) is 0 Å². The van der Waals surface area contributed by atoms with Gasteiger partial charge in [0.1, 0.15) is 44.1 Å². The number of hydrogen-bond donors (Lipinski definition) is 0. The van der Waals surface area contributed by atoms with Crippen molar-refractivity contribution < 1.29 is 44.6 Å². The Bertz CT molecular complexity index is 5930. The van der Waals surface area contributed by atoms with Crippen LogP contribution < -0.4 is 5.46 Å². The van der Waals surface area contributed by atoms with Gasteiger partial charge in [-0.15, -0.1) is 0 Å². The standard InChI is InChI=1S/C40H22N4O4.C26H23BN2O4.C20H11BrN2O2/c1-5-13-33-29(9-1)41-37(45-33)25-17-23(18-26(21-25)38-42-30-10-2-6-14-34(30)46-38)24-19-27(39-43-31-11-3-7-15-35(31)47-39)22-28(20-24)40-44-32-12-4-8-16-36(32)48-40;1-25(2)26(3,4)33-27(32-25)18-14-16(23-28-19-9-5-7-11-21(19)30-23)13-17(15-18)24-29-20-10-6-8-12-22(20)31-24;21-14-10-12(19-22-15-5-1-3-7-17(15)24-19)9-13(11-14)20-23-16-6-2-4-8-18(16)25-20/h1-22H;5-15H,1-4H3;1-11H. The molecular weight excluding hydrogens is 1400 g/mol. The fourth-order valence-electron chi connectivity index (χ4n) is 12.9. The lowest BCUT2D eigenvalue weighted by atomic mass is 9.77. The van der Waals surface area contributed by atoms with Gasteiger partial charge in [0.2, 0.25) is 47.1 Å². The summed E-state index contributed by atoms with van der Waals surface area (Å²) in [5.41, 5.74) is 20.3. The molecule has 18 nitrogen and oxygen atoms in total. The Morgan fingerprint density at radius 3 is 0.594 bits per heavy atom. The first kappa shape index (κ1) is 63.8. The van der Waals surface area contributed by atoms with Gasteiger partial charge in [-0.05, 0) is 214 Å². The minimum absolute atomic E-state index is 0.455. The van der Waals surface area contributed by atoms with E-state index in [1.54, 1.807) is 0 Å². The summed E-state index contributed by atoms with van der Waals surface area (Å²) in [6.45, 7) is 8.16. The van der Waals surface area contributed by atoms with Crippen LogP contribution in [0.1, 0.15) is 27.7 Å². The first-order valence-corrected chi connectivity index (χ1v) is 35.0. The zero-order valence-corrected chi connectivity index (χ0v) is 58.6. The highest BCUT2D eigenvalue weighted by atomic mass is 79.9. The van der Waals surface area contributed by atoms with E-state index in [-0.39, 0.29) is 0 Å². The number of fused-ring (bicyclic) bond motifs is 8. The quantitative estimate of drug-likeness (QED) is 0.116. The van der Waals surface area contributed by atoms with Gasteiger partial charge in [0.05, 0.1) is 11.2 Å². The molecule has 1 saturated heterocycles. The molecule has 20 aromatic rings. The van der Waals surface area contributed by atoms with Crippen LogP contribution in [-0.4, -0.2) is 58.2 Å². The molecule has 1 aliphatic rings. The zero-order chi connectivity index (χ0) is 71.2. The van der Waals surface area contributed by atoms with Gasteiger partial charge in [0.15, 0.2) is 44.7 Å². The lowest BCUT2D eigenvalue weighted by Gasteiger charge is -2.32. The van der Waals surface area contributed by atoms with E-state index in [4.69, 9.17) is 64.6 Å². The number of para-hydroxylation sites is 16. The van der Waals surface area contributed by atoms with Crippen molar-refractivity contribution in [3.63, 3.8) is 0 Å². The highest BCUT2D eigenvalue weighted by Gasteiger charge is 2.52. The summed E-state index contributed by atoms with van der Waals surface area (Å²) in [7, 11) is -0.539. The van der Waals surface area contributed by atoms with Gasteiger partial charge in [-0.3, -0.25) is 0 Å². The predicted octanol–water partition coefficient (Wildman–Crippen LogP) is 22.3. The van der Waals surface area contributed by atoms with Crippen molar-refractivity contribution in [2.24, 2.45) is 0 Å². The predicted molar refractivity (Wildman–Crippen MR) is 412 cm³/mol. The number of aromatic nitrogens is 8. The molecule has 1 aliphatic heterocycles. The van der Waals surface area contributed by atoms with E-state index >= 15 is 0 Å². The van der Waals surface area contributed by atoms with Crippen LogP contribution in [0.4, 0.5) is 0 Å². The number of halogens is 1. The van der Waals surface area contributed by atoms with E-state index in [0.717, 1.165) is 132 Å². The van der Waals surface area contributed by atoms with Crippen molar-refractivity contribution in [2.75, 3.05) is 0 Å². The summed E-state index contributed by atoms with van der Waals surface area (Å²) in [6, 6.07) is 85.8. The maximum Gasteiger partial charge on any atom is 0.494 e. The Morgan fingerprint density at radius 1 is 0.226 bits per heavy atom. The minimum Gasteiger partial charge on any atom is -0.436 e. The Hall–Kier alpha value is -13.1. The average Bonchev–Trinajstić information content (AvgIpc) is 1.62. The first-order chi connectivity index (χ1) is 51.7. The molecule has 0 N–H and O–H groups in total. The van der Waals surface area contributed by atoms with E-state index in [0.29, 0.717) is 69.5 Å². The Labute approximate surface area is 611 Å². The topological polar surface area (TPSA) is 227 Å². The van der Waals surface area contributed by atoms with Gasteiger partial charge < -0.3 is 44.6 Å². The zero-order valence-electron chi connectivity index (χ0n) is 57.0. The van der Waals surface area contributed by atoms with Crippen molar-refractivity contribution in [2.45, 2.75) is 38.9 Å². The number of nitrogens with zero attached hydrogens (tertiary/aromatic N) is 8. The van der Waals surface area contributed by atoms with Crippen molar-refractivity contribution in [3.8, 4) is 103 Å². The summed E-state index contributed by atoms with van der Waals surface area (Å²) < 4.78 is 62.4. The van der Waals surface area contributed by atoms with Crippen LogP contribution in [0.15, 0.2) is 307 Å². The molecular formula is C86H56BBrN8O10. The molecule has 0 amide bonds. The van der Waals surface area contributed by atoms with Gasteiger partial charge in [-0.2, -0.15) is 0 Å². The van der Waals surface area contributed by atoms with E-state index < -0.39 is 18.3 Å². The van der Waals surface area contributed by atoms with E-state index in [9.17, 15) is 0 Å². The van der Waals surface area contributed by atoms with Gasteiger partial charge in [-0.1, -0.05) is 113 Å². The molecule has 106 heavy (non-hydrogen) atoms. The van der Waals surface area contributed by atoms with Gasteiger partial charge >= 0.3 is 7.12 Å². The fraction of sp³-hybridized carbons (Fsp3) is 0.0698. The molecule has 0 spiro atoms. The first-order valence-electron chi connectivity index (χ1n) is 34.2. The monoisotopic (exact) mass is 1450 g/mol. The molecule has 0 unspecified atom stereocenters. The second-order valence-corrected chi connectivity index (χ2v) is 27.6. The SMILES string of the molecule is Brc1cc(-c2nc3ccccc3o2)cc(-c2nc3ccccc3o2)c1.CC1(C)OB(c2cc(-c3nc4ccccc4o3)cc(-c3nc4ccccc4o3)c2)OC1(C)C.c1ccc2oc(-c3cc(-c4cc(-c5nc6ccccc6o5)cc(-c5nc6ccccc6o5)c4)cc(-c4nc5ccccc5o4)c3)nc2c1. The van der Waals surface area contributed by atoms with Gasteiger partial charge in [-0.25, -0.2) is 39.9 Å². The molecule has 0 atom stereocenters. The average molecular weight is 1450 g/mol. The van der Waals surface area contributed by atoms with Gasteiger partial charge in [0, 0.05) is 49.0 Å². The third-order valence-electron chi connectivity index (χ3n) is 18.9. The number of rotatable bonds is 10. The maximum absolute atomic E-state index is 6.33. The second-order valence-electron chi connectivity index (χ2n) is 26.7. The largest absolute Gasteiger partial charge is 0.494 e. The molecule has 9 heterocycles. The molecule has 0 aliphatic carbocycles. The van der Waals surface area contributed by atoms with Crippen molar-refractivity contribution >= 4 is 117 Å². The van der Waals surface area contributed by atoms with Crippen LogP contribution in [0.25, 0.3) is 192 Å². The Balaban J connectivity index is 0.000000115. The molecule has 510 valence electrons. The maximum atomic E-state index is 6.33. The Kier molecular flexibility index (Phi) is 15.4. The van der Waals surface area contributed by atoms with E-state index in [1.165, 1.54) is 0 Å². The fourth-order valence-corrected chi connectivity index (χ4v) is 13.4. The summed E-state index contributed by atoms with van der Waals surface area (Å²) >= 11 is 3.56. The van der Waals surface area contributed by atoms with Crippen molar-refractivity contribution in [1.82, 2.24) is 39.9 Å². The smallest absolute Gasteiger partial charge is 0.436 e. The molecule has 12 aromatic carbocycles. The van der Waals surface area contributed by atoms with E-state index in [1.807, 2.05) is 270 Å². The number of benzene rings is 12. The highest BCUT2D eigenvalue weighted by molar-refractivity contribution is 9.10. The lowest BCUT2D eigenvalue weighted by molar-refractivity contribution is 0.00578. The molecule has 0 bridgehead atoms. The molecule has 8 aromatic heterocycles. The molecule has 1 fully saturated rings.